The van der Waals surface area contributed by atoms with Crippen LogP contribution in [-0.4, -0.2) is 30.9 Å². The zero-order valence-electron chi connectivity index (χ0n) is 11.8. The number of aliphatic hydroxyl groups excluding tert-OH is 1. The van der Waals surface area contributed by atoms with Crippen molar-refractivity contribution in [2.24, 2.45) is 0 Å². The number of ether oxygens (including phenoxy) is 1. The molecule has 0 heterocycles. The van der Waals surface area contributed by atoms with E-state index in [-0.39, 0.29) is 0 Å². The van der Waals surface area contributed by atoms with Crippen LogP contribution in [0.25, 0.3) is 0 Å². The van der Waals surface area contributed by atoms with Gasteiger partial charge in [0.1, 0.15) is 18.5 Å². The van der Waals surface area contributed by atoms with E-state index in [0.29, 0.717) is 13.2 Å². The van der Waals surface area contributed by atoms with Crippen LogP contribution in [0.1, 0.15) is 5.56 Å². The Bertz CT molecular complexity index is 516. The Balaban J connectivity index is 1.59. The molecule has 3 nitrogen and oxygen atoms in total. The minimum absolute atomic E-state index is 0.292. The zero-order valence-corrected chi connectivity index (χ0v) is 13.4. The molecule has 0 aromatic heterocycles. The number of halogens is 1. The molecule has 2 rings (SSSR count). The van der Waals surface area contributed by atoms with Gasteiger partial charge >= 0.3 is 0 Å². The molecule has 0 aliphatic rings. The number of aliphatic hydroxyl groups is 1. The molecule has 0 bridgehead atoms. The first-order valence-corrected chi connectivity index (χ1v) is 7.84. The third-order valence-corrected chi connectivity index (χ3v) is 3.60. The number of hydrogen-bond donors (Lipinski definition) is 2. The third kappa shape index (κ3) is 6.29. The molecule has 112 valence electrons. The second-order valence-electron chi connectivity index (χ2n) is 4.86. The van der Waals surface area contributed by atoms with Crippen LogP contribution in [0.5, 0.6) is 5.75 Å². The summed E-state index contributed by atoms with van der Waals surface area (Å²) in [6.07, 6.45) is 0.450. The van der Waals surface area contributed by atoms with Crippen molar-refractivity contribution in [3.8, 4) is 5.75 Å². The van der Waals surface area contributed by atoms with E-state index in [4.69, 9.17) is 4.74 Å². The molecule has 0 saturated heterocycles. The van der Waals surface area contributed by atoms with E-state index in [9.17, 15) is 5.11 Å². The molecule has 4 heteroatoms. The highest BCUT2D eigenvalue weighted by Crippen LogP contribution is 2.16. The first-order valence-electron chi connectivity index (χ1n) is 7.05. The van der Waals surface area contributed by atoms with Crippen molar-refractivity contribution < 1.29 is 9.84 Å². The third-order valence-electron chi connectivity index (χ3n) is 3.07. The van der Waals surface area contributed by atoms with Crippen molar-refractivity contribution in [2.75, 3.05) is 19.7 Å². The van der Waals surface area contributed by atoms with Crippen molar-refractivity contribution >= 4 is 15.9 Å². The standard InChI is InChI=1S/C17H20BrNO2/c18-15-6-8-17(9-7-15)21-13-16(20)12-19-11-10-14-4-2-1-3-5-14/h1-9,16,19-20H,10-13H2. The molecule has 2 aromatic rings. The van der Waals surface area contributed by atoms with Crippen LogP contribution in [-0.2, 0) is 6.42 Å². The number of benzene rings is 2. The van der Waals surface area contributed by atoms with Crippen molar-refractivity contribution in [3.63, 3.8) is 0 Å². The van der Waals surface area contributed by atoms with E-state index in [1.54, 1.807) is 0 Å². The predicted octanol–water partition coefficient (Wildman–Crippen LogP) is 3.02. The van der Waals surface area contributed by atoms with E-state index in [1.165, 1.54) is 5.56 Å². The number of hydrogen-bond acceptors (Lipinski definition) is 3. The minimum atomic E-state index is -0.510. The second-order valence-corrected chi connectivity index (χ2v) is 5.77. The van der Waals surface area contributed by atoms with Gasteiger partial charge in [-0.2, -0.15) is 0 Å². The molecule has 0 aliphatic carbocycles. The highest BCUT2D eigenvalue weighted by atomic mass is 79.9. The quantitative estimate of drug-likeness (QED) is 0.719. The lowest BCUT2D eigenvalue weighted by atomic mass is 10.1. The smallest absolute Gasteiger partial charge is 0.119 e. The summed E-state index contributed by atoms with van der Waals surface area (Å²) >= 11 is 3.37. The summed E-state index contributed by atoms with van der Waals surface area (Å²) in [7, 11) is 0. The monoisotopic (exact) mass is 349 g/mol. The molecule has 0 saturated carbocycles. The summed E-state index contributed by atoms with van der Waals surface area (Å²) in [6.45, 7) is 1.67. The fraction of sp³-hybridized carbons (Fsp3) is 0.294. The molecule has 1 atom stereocenters. The maximum atomic E-state index is 9.87. The molecule has 0 radical (unpaired) electrons. The summed E-state index contributed by atoms with van der Waals surface area (Å²) in [5.41, 5.74) is 1.30. The molecule has 21 heavy (non-hydrogen) atoms. The van der Waals surface area contributed by atoms with Gasteiger partial charge < -0.3 is 15.2 Å². The molecule has 0 amide bonds. The van der Waals surface area contributed by atoms with E-state index < -0.39 is 6.10 Å². The van der Waals surface area contributed by atoms with Crippen molar-refractivity contribution in [2.45, 2.75) is 12.5 Å². The van der Waals surface area contributed by atoms with Gasteiger partial charge in [0.05, 0.1) is 0 Å². The van der Waals surface area contributed by atoms with Gasteiger partial charge in [-0.25, -0.2) is 0 Å². The van der Waals surface area contributed by atoms with Crippen LogP contribution in [0.3, 0.4) is 0 Å². The lowest BCUT2D eigenvalue weighted by molar-refractivity contribution is 0.106. The van der Waals surface area contributed by atoms with Gasteiger partial charge in [-0.15, -0.1) is 0 Å². The van der Waals surface area contributed by atoms with Gasteiger partial charge in [-0.3, -0.25) is 0 Å². The molecular formula is C17H20BrNO2. The lowest BCUT2D eigenvalue weighted by Gasteiger charge is -2.13. The van der Waals surface area contributed by atoms with Gasteiger partial charge in [0.15, 0.2) is 0 Å². The summed E-state index contributed by atoms with van der Waals surface area (Å²) in [5.74, 6) is 0.765. The first kappa shape index (κ1) is 16.0. The van der Waals surface area contributed by atoms with Gasteiger partial charge in [0.25, 0.3) is 0 Å². The van der Waals surface area contributed by atoms with E-state index in [1.807, 2.05) is 42.5 Å². The van der Waals surface area contributed by atoms with Crippen molar-refractivity contribution in [3.05, 3.63) is 64.6 Å². The molecule has 1 unspecified atom stereocenters. The molecule has 0 spiro atoms. The Morgan fingerprint density at radius 1 is 1.05 bits per heavy atom. The van der Waals surface area contributed by atoms with Crippen LogP contribution in [0.2, 0.25) is 0 Å². The fourth-order valence-corrected chi connectivity index (χ4v) is 2.19. The Labute approximate surface area is 134 Å². The molecule has 2 aromatic carbocycles. The molecular weight excluding hydrogens is 330 g/mol. The maximum Gasteiger partial charge on any atom is 0.119 e. The van der Waals surface area contributed by atoms with E-state index in [2.05, 4.69) is 33.4 Å². The Hall–Kier alpha value is -1.36. The minimum Gasteiger partial charge on any atom is -0.491 e. The highest BCUT2D eigenvalue weighted by Gasteiger charge is 2.04. The van der Waals surface area contributed by atoms with Crippen LogP contribution < -0.4 is 10.1 Å². The molecule has 0 aliphatic heterocycles. The number of rotatable bonds is 8. The molecule has 0 fully saturated rings. The van der Waals surface area contributed by atoms with Crippen LogP contribution in [0.15, 0.2) is 59.1 Å². The summed E-state index contributed by atoms with van der Waals surface area (Å²) in [5, 5.41) is 13.1. The second kappa shape index (κ2) is 8.82. The van der Waals surface area contributed by atoms with E-state index >= 15 is 0 Å². The summed E-state index contributed by atoms with van der Waals surface area (Å²) < 4.78 is 6.54. The predicted molar refractivity (Wildman–Crippen MR) is 88.7 cm³/mol. The van der Waals surface area contributed by atoms with Gasteiger partial charge in [-0.05, 0) is 42.8 Å². The molecule has 2 N–H and O–H groups in total. The van der Waals surface area contributed by atoms with Crippen LogP contribution >= 0.6 is 15.9 Å². The van der Waals surface area contributed by atoms with Gasteiger partial charge in [0.2, 0.25) is 0 Å². The average Bonchev–Trinajstić information content (AvgIpc) is 2.52. The van der Waals surface area contributed by atoms with Crippen molar-refractivity contribution in [1.82, 2.24) is 5.32 Å². The van der Waals surface area contributed by atoms with Crippen LogP contribution in [0, 0.1) is 0 Å². The Morgan fingerprint density at radius 2 is 1.76 bits per heavy atom. The topological polar surface area (TPSA) is 41.5 Å². The zero-order chi connectivity index (χ0) is 14.9. The Kier molecular flexibility index (Phi) is 6.73. The maximum absolute atomic E-state index is 9.87. The SMILES string of the molecule is OC(CNCCc1ccccc1)COc1ccc(Br)cc1. The summed E-state index contributed by atoms with van der Waals surface area (Å²) in [4.78, 5) is 0. The van der Waals surface area contributed by atoms with Crippen molar-refractivity contribution in [1.29, 1.82) is 0 Å². The lowest BCUT2D eigenvalue weighted by Crippen LogP contribution is -2.32. The fourth-order valence-electron chi connectivity index (χ4n) is 1.93. The van der Waals surface area contributed by atoms with E-state index in [0.717, 1.165) is 23.2 Å². The van der Waals surface area contributed by atoms with Gasteiger partial charge in [-0.1, -0.05) is 46.3 Å². The van der Waals surface area contributed by atoms with Gasteiger partial charge in [0, 0.05) is 11.0 Å². The average molecular weight is 350 g/mol. The first-order chi connectivity index (χ1) is 10.2. The highest BCUT2D eigenvalue weighted by molar-refractivity contribution is 9.10. The van der Waals surface area contributed by atoms with Crippen LogP contribution in [0.4, 0.5) is 0 Å². The summed E-state index contributed by atoms with van der Waals surface area (Å²) in [6, 6.07) is 17.9. The Morgan fingerprint density at radius 3 is 2.48 bits per heavy atom. The largest absolute Gasteiger partial charge is 0.491 e. The number of nitrogens with one attached hydrogen (secondary N) is 1. The normalized spacial score (nSPS) is 12.1.